The van der Waals surface area contributed by atoms with Crippen LogP contribution in [0.2, 0.25) is 0 Å². The summed E-state index contributed by atoms with van der Waals surface area (Å²) in [4.78, 5) is 6.19. The van der Waals surface area contributed by atoms with Crippen molar-refractivity contribution >= 4 is 28.9 Å². The topological polar surface area (TPSA) is 47.8 Å². The number of benzene rings is 2. The van der Waals surface area contributed by atoms with Gasteiger partial charge in [-0.3, -0.25) is 4.40 Å². The third-order valence-electron chi connectivity index (χ3n) is 5.01. The first-order valence-electron chi connectivity index (χ1n) is 9.52. The molecule has 0 radical (unpaired) electrons. The van der Waals surface area contributed by atoms with Crippen LogP contribution in [-0.4, -0.2) is 28.9 Å². The fourth-order valence-electron chi connectivity index (χ4n) is 3.53. The van der Waals surface area contributed by atoms with Gasteiger partial charge in [-0.1, -0.05) is 18.2 Å². The molecule has 0 aliphatic carbocycles. The lowest BCUT2D eigenvalue weighted by Gasteiger charge is -2.19. The molecule has 0 bridgehead atoms. The SMILES string of the molecule is CSc1ccc(-c2nc3c(C)cccn3c2Nc2ccc3c(c2)OCCO3)cc1. The standard InChI is InChI=1S/C23H21N3O2S/c1-15-4-3-11-26-22(15)25-21(16-5-8-18(29-2)9-6-16)23(26)24-17-7-10-19-20(14-17)28-13-12-27-19/h3-11,14,24H,12-13H2,1-2H3. The van der Waals surface area contributed by atoms with E-state index >= 15 is 0 Å². The van der Waals surface area contributed by atoms with E-state index in [0.29, 0.717) is 13.2 Å². The van der Waals surface area contributed by atoms with E-state index in [1.54, 1.807) is 11.8 Å². The van der Waals surface area contributed by atoms with Gasteiger partial charge in [-0.05, 0) is 49.1 Å². The zero-order valence-electron chi connectivity index (χ0n) is 16.3. The van der Waals surface area contributed by atoms with Gasteiger partial charge < -0.3 is 14.8 Å². The van der Waals surface area contributed by atoms with Crippen LogP contribution >= 0.6 is 11.8 Å². The van der Waals surface area contributed by atoms with E-state index in [2.05, 4.69) is 53.2 Å². The maximum absolute atomic E-state index is 5.74. The predicted molar refractivity (Wildman–Crippen MR) is 118 cm³/mol. The normalized spacial score (nSPS) is 12.9. The number of imidazole rings is 1. The number of hydrogen-bond acceptors (Lipinski definition) is 5. The Morgan fingerprint density at radius 1 is 1.00 bits per heavy atom. The van der Waals surface area contributed by atoms with Gasteiger partial charge in [-0.15, -0.1) is 11.8 Å². The molecule has 1 aliphatic heterocycles. The van der Waals surface area contributed by atoms with E-state index < -0.39 is 0 Å². The van der Waals surface area contributed by atoms with Crippen molar-refractivity contribution in [3.63, 3.8) is 0 Å². The van der Waals surface area contributed by atoms with Gasteiger partial charge in [0.05, 0.1) is 0 Å². The fraction of sp³-hybridized carbons (Fsp3) is 0.174. The molecule has 0 saturated carbocycles. The Labute approximate surface area is 173 Å². The number of pyridine rings is 1. The quantitative estimate of drug-likeness (QED) is 0.453. The lowest BCUT2D eigenvalue weighted by atomic mass is 10.1. The number of aromatic nitrogens is 2. The monoisotopic (exact) mass is 403 g/mol. The molecule has 0 atom stereocenters. The number of fused-ring (bicyclic) bond motifs is 2. The molecule has 4 aromatic rings. The van der Waals surface area contributed by atoms with Gasteiger partial charge in [0.15, 0.2) is 11.5 Å². The second kappa shape index (κ2) is 7.37. The van der Waals surface area contributed by atoms with E-state index in [1.165, 1.54) is 4.90 Å². The van der Waals surface area contributed by atoms with Crippen LogP contribution in [-0.2, 0) is 0 Å². The molecule has 0 fully saturated rings. The van der Waals surface area contributed by atoms with E-state index in [9.17, 15) is 0 Å². The first-order chi connectivity index (χ1) is 14.2. The lowest BCUT2D eigenvalue weighted by molar-refractivity contribution is 0.171. The van der Waals surface area contributed by atoms with Gasteiger partial charge in [0.2, 0.25) is 0 Å². The van der Waals surface area contributed by atoms with Crippen molar-refractivity contribution in [1.29, 1.82) is 0 Å². The van der Waals surface area contributed by atoms with E-state index in [1.807, 2.05) is 30.5 Å². The Kier molecular flexibility index (Phi) is 4.56. The lowest BCUT2D eigenvalue weighted by Crippen LogP contribution is -2.15. The number of nitrogens with zero attached hydrogens (tertiary/aromatic N) is 2. The minimum Gasteiger partial charge on any atom is -0.486 e. The Morgan fingerprint density at radius 3 is 2.59 bits per heavy atom. The highest BCUT2D eigenvalue weighted by Gasteiger charge is 2.17. The van der Waals surface area contributed by atoms with Gasteiger partial charge in [0.25, 0.3) is 0 Å². The number of nitrogens with one attached hydrogen (secondary N) is 1. The van der Waals surface area contributed by atoms with Crippen molar-refractivity contribution in [1.82, 2.24) is 9.38 Å². The van der Waals surface area contributed by atoms with Crippen molar-refractivity contribution in [2.24, 2.45) is 0 Å². The molecule has 3 heterocycles. The number of aryl methyl sites for hydroxylation is 1. The van der Waals surface area contributed by atoms with Crippen molar-refractivity contribution in [2.45, 2.75) is 11.8 Å². The number of thioether (sulfide) groups is 1. The molecule has 146 valence electrons. The first-order valence-corrected chi connectivity index (χ1v) is 10.7. The number of ether oxygens (including phenoxy) is 2. The largest absolute Gasteiger partial charge is 0.486 e. The molecular formula is C23H21N3O2S. The van der Waals surface area contributed by atoms with E-state index in [0.717, 1.165) is 45.5 Å². The third kappa shape index (κ3) is 3.29. The van der Waals surface area contributed by atoms with Crippen LogP contribution < -0.4 is 14.8 Å². The van der Waals surface area contributed by atoms with Crippen molar-refractivity contribution in [3.05, 3.63) is 66.4 Å². The molecular weight excluding hydrogens is 382 g/mol. The summed E-state index contributed by atoms with van der Waals surface area (Å²) in [5.74, 6) is 2.47. The third-order valence-corrected chi connectivity index (χ3v) is 5.76. The van der Waals surface area contributed by atoms with Crippen molar-refractivity contribution < 1.29 is 9.47 Å². The summed E-state index contributed by atoms with van der Waals surface area (Å²) in [5, 5.41) is 3.56. The summed E-state index contributed by atoms with van der Waals surface area (Å²) < 4.78 is 13.5. The molecule has 5 rings (SSSR count). The van der Waals surface area contributed by atoms with Gasteiger partial charge in [0, 0.05) is 28.4 Å². The average Bonchev–Trinajstić information content (AvgIpc) is 3.13. The fourth-order valence-corrected chi connectivity index (χ4v) is 3.94. The van der Waals surface area contributed by atoms with Gasteiger partial charge in [0.1, 0.15) is 30.4 Å². The maximum atomic E-state index is 5.74. The summed E-state index contributed by atoms with van der Waals surface area (Å²) in [7, 11) is 0. The van der Waals surface area contributed by atoms with Crippen molar-refractivity contribution in [3.8, 4) is 22.8 Å². The maximum Gasteiger partial charge on any atom is 0.163 e. The highest BCUT2D eigenvalue weighted by Crippen LogP contribution is 2.36. The summed E-state index contributed by atoms with van der Waals surface area (Å²) in [6.07, 6.45) is 4.12. The number of anilines is 2. The molecule has 2 aromatic heterocycles. The Morgan fingerprint density at radius 2 is 1.79 bits per heavy atom. The molecule has 1 aliphatic rings. The minimum atomic E-state index is 0.568. The molecule has 29 heavy (non-hydrogen) atoms. The summed E-state index contributed by atoms with van der Waals surface area (Å²) in [5.41, 5.74) is 4.99. The van der Waals surface area contributed by atoms with Crippen molar-refractivity contribution in [2.75, 3.05) is 24.8 Å². The molecule has 5 nitrogen and oxygen atoms in total. The second-order valence-corrected chi connectivity index (χ2v) is 7.79. The van der Waals surface area contributed by atoms with Gasteiger partial charge >= 0.3 is 0 Å². The van der Waals surface area contributed by atoms with E-state index in [4.69, 9.17) is 14.5 Å². The zero-order chi connectivity index (χ0) is 19.8. The number of rotatable bonds is 4. The van der Waals surface area contributed by atoms with Crippen LogP contribution in [0.4, 0.5) is 11.5 Å². The van der Waals surface area contributed by atoms with Gasteiger partial charge in [-0.2, -0.15) is 0 Å². The molecule has 0 saturated heterocycles. The molecule has 1 N–H and O–H groups in total. The molecule has 0 spiro atoms. The van der Waals surface area contributed by atoms with Crippen LogP contribution in [0.15, 0.2) is 65.7 Å². The Balaban J connectivity index is 1.62. The zero-order valence-corrected chi connectivity index (χ0v) is 17.1. The van der Waals surface area contributed by atoms with Crippen LogP contribution in [0.25, 0.3) is 16.9 Å². The Bertz CT molecular complexity index is 1180. The van der Waals surface area contributed by atoms with Gasteiger partial charge in [-0.25, -0.2) is 4.98 Å². The van der Waals surface area contributed by atoms with Crippen LogP contribution in [0.1, 0.15) is 5.56 Å². The highest BCUT2D eigenvalue weighted by molar-refractivity contribution is 7.98. The first kappa shape index (κ1) is 17.9. The molecule has 0 unspecified atom stereocenters. The average molecular weight is 404 g/mol. The summed E-state index contributed by atoms with van der Waals surface area (Å²) in [6.45, 7) is 3.23. The Hall–Kier alpha value is -3.12. The highest BCUT2D eigenvalue weighted by atomic mass is 32.2. The predicted octanol–water partition coefficient (Wildman–Crippen LogP) is 5.55. The molecule has 6 heteroatoms. The molecule has 0 amide bonds. The smallest absolute Gasteiger partial charge is 0.163 e. The molecule has 2 aromatic carbocycles. The number of hydrogen-bond donors (Lipinski definition) is 1. The summed E-state index contributed by atoms with van der Waals surface area (Å²) in [6, 6.07) is 18.5. The van der Waals surface area contributed by atoms with Crippen LogP contribution in [0.3, 0.4) is 0 Å². The minimum absolute atomic E-state index is 0.568. The van der Waals surface area contributed by atoms with Crippen LogP contribution in [0, 0.1) is 6.92 Å². The summed E-state index contributed by atoms with van der Waals surface area (Å²) >= 11 is 1.73. The second-order valence-electron chi connectivity index (χ2n) is 6.91. The van der Waals surface area contributed by atoms with Crippen LogP contribution in [0.5, 0.6) is 11.5 Å². The van der Waals surface area contributed by atoms with E-state index in [-0.39, 0.29) is 0 Å².